The van der Waals surface area contributed by atoms with Crippen molar-refractivity contribution in [3.8, 4) is 5.75 Å². The maximum absolute atomic E-state index is 10.6. The summed E-state index contributed by atoms with van der Waals surface area (Å²) in [5, 5.41) is 8.74. The molecule has 1 aromatic rings. The molecule has 110 valence electrons. The molecule has 6 heteroatoms. The number of aliphatic carboxylic acids is 1. The summed E-state index contributed by atoms with van der Waals surface area (Å²) in [6.07, 6.45) is 0. The first kappa shape index (κ1) is 15.3. The summed E-state index contributed by atoms with van der Waals surface area (Å²) in [4.78, 5) is 14.9. The predicted octanol–water partition coefficient (Wildman–Crippen LogP) is 1.53. The molecule has 0 aromatic heterocycles. The molecule has 0 radical (unpaired) electrons. The van der Waals surface area contributed by atoms with Crippen LogP contribution >= 0.6 is 15.9 Å². The fraction of sp³-hybridized carbons (Fsp3) is 0.500. The van der Waals surface area contributed by atoms with Crippen molar-refractivity contribution in [1.29, 1.82) is 0 Å². The summed E-state index contributed by atoms with van der Waals surface area (Å²) in [6, 6.07) is 7.80. The Kier molecular flexibility index (Phi) is 5.82. The van der Waals surface area contributed by atoms with E-state index in [0.29, 0.717) is 6.61 Å². The van der Waals surface area contributed by atoms with Crippen LogP contribution in [0.25, 0.3) is 0 Å². The van der Waals surface area contributed by atoms with E-state index in [1.165, 1.54) is 0 Å². The van der Waals surface area contributed by atoms with Gasteiger partial charge in [-0.3, -0.25) is 14.6 Å². The van der Waals surface area contributed by atoms with E-state index in [0.717, 1.165) is 42.9 Å². The summed E-state index contributed by atoms with van der Waals surface area (Å²) in [6.45, 7) is 5.09. The van der Waals surface area contributed by atoms with Crippen molar-refractivity contribution in [2.24, 2.45) is 0 Å². The number of hydrogen-bond donors (Lipinski definition) is 1. The first-order chi connectivity index (χ1) is 9.63. The molecule has 20 heavy (non-hydrogen) atoms. The Morgan fingerprint density at radius 1 is 1.15 bits per heavy atom. The summed E-state index contributed by atoms with van der Waals surface area (Å²) < 4.78 is 6.73. The predicted molar refractivity (Wildman–Crippen MR) is 80.2 cm³/mol. The Bertz CT molecular complexity index is 431. The van der Waals surface area contributed by atoms with Crippen molar-refractivity contribution in [3.05, 3.63) is 28.7 Å². The fourth-order valence-electron chi connectivity index (χ4n) is 2.19. The zero-order valence-electron chi connectivity index (χ0n) is 11.3. The first-order valence-corrected chi connectivity index (χ1v) is 7.47. The van der Waals surface area contributed by atoms with E-state index in [1.807, 2.05) is 29.2 Å². The maximum Gasteiger partial charge on any atom is 0.317 e. The normalized spacial score (nSPS) is 17.1. The Hall–Kier alpha value is -1.11. The van der Waals surface area contributed by atoms with Crippen LogP contribution < -0.4 is 4.74 Å². The zero-order valence-corrected chi connectivity index (χ0v) is 12.9. The molecular weight excluding hydrogens is 324 g/mol. The Morgan fingerprint density at radius 3 is 2.35 bits per heavy atom. The molecule has 0 bridgehead atoms. The first-order valence-electron chi connectivity index (χ1n) is 6.68. The van der Waals surface area contributed by atoms with Gasteiger partial charge in [0.2, 0.25) is 0 Å². The van der Waals surface area contributed by atoms with Gasteiger partial charge in [0.05, 0.1) is 6.54 Å². The second-order valence-corrected chi connectivity index (χ2v) is 5.73. The summed E-state index contributed by atoms with van der Waals surface area (Å²) in [7, 11) is 0. The Labute approximate surface area is 127 Å². The molecule has 0 amide bonds. The molecular formula is C14H19BrN2O3. The minimum atomic E-state index is -0.753. The lowest BCUT2D eigenvalue weighted by molar-refractivity contribution is -0.138. The van der Waals surface area contributed by atoms with Crippen molar-refractivity contribution in [2.75, 3.05) is 45.9 Å². The molecule has 1 aromatic carbocycles. The van der Waals surface area contributed by atoms with Gasteiger partial charge < -0.3 is 9.84 Å². The van der Waals surface area contributed by atoms with Crippen LogP contribution in [0.2, 0.25) is 0 Å². The number of ether oxygens (including phenoxy) is 1. The van der Waals surface area contributed by atoms with Gasteiger partial charge in [-0.1, -0.05) is 15.9 Å². The summed E-state index contributed by atoms with van der Waals surface area (Å²) >= 11 is 3.39. The number of rotatable bonds is 6. The van der Waals surface area contributed by atoms with Gasteiger partial charge in [-0.05, 0) is 24.3 Å². The number of piperazine rings is 1. The van der Waals surface area contributed by atoms with E-state index in [9.17, 15) is 4.79 Å². The highest BCUT2D eigenvalue weighted by Gasteiger charge is 2.18. The number of halogens is 1. The van der Waals surface area contributed by atoms with Crippen LogP contribution in [0.1, 0.15) is 0 Å². The molecule has 2 rings (SSSR count). The zero-order chi connectivity index (χ0) is 14.4. The third-order valence-electron chi connectivity index (χ3n) is 3.31. The lowest BCUT2D eigenvalue weighted by Gasteiger charge is -2.33. The second kappa shape index (κ2) is 7.61. The van der Waals surface area contributed by atoms with E-state index >= 15 is 0 Å². The molecule has 0 saturated carbocycles. The van der Waals surface area contributed by atoms with E-state index in [2.05, 4.69) is 20.8 Å². The molecule has 1 fully saturated rings. The van der Waals surface area contributed by atoms with Crippen molar-refractivity contribution < 1.29 is 14.6 Å². The van der Waals surface area contributed by atoms with E-state index in [1.54, 1.807) is 0 Å². The molecule has 0 aliphatic carbocycles. The maximum atomic E-state index is 10.6. The van der Waals surface area contributed by atoms with Crippen LogP contribution in [-0.4, -0.2) is 66.8 Å². The fourth-order valence-corrected chi connectivity index (χ4v) is 2.45. The molecule has 1 aliphatic rings. The summed E-state index contributed by atoms with van der Waals surface area (Å²) in [5.74, 6) is 0.120. The molecule has 1 heterocycles. The van der Waals surface area contributed by atoms with Crippen LogP contribution in [0, 0.1) is 0 Å². The minimum Gasteiger partial charge on any atom is -0.492 e. The largest absolute Gasteiger partial charge is 0.492 e. The third kappa shape index (κ3) is 5.11. The highest BCUT2D eigenvalue weighted by Crippen LogP contribution is 2.16. The van der Waals surface area contributed by atoms with Gasteiger partial charge in [0, 0.05) is 37.2 Å². The van der Waals surface area contributed by atoms with Crippen molar-refractivity contribution >= 4 is 21.9 Å². The quantitative estimate of drug-likeness (QED) is 0.849. The Morgan fingerprint density at radius 2 is 1.75 bits per heavy atom. The van der Waals surface area contributed by atoms with Crippen molar-refractivity contribution in [1.82, 2.24) is 9.80 Å². The molecule has 5 nitrogen and oxygen atoms in total. The van der Waals surface area contributed by atoms with E-state index < -0.39 is 5.97 Å². The number of carboxylic acid groups (broad SMARTS) is 1. The van der Waals surface area contributed by atoms with Gasteiger partial charge in [0.1, 0.15) is 12.4 Å². The topological polar surface area (TPSA) is 53.0 Å². The SMILES string of the molecule is O=C(O)CN1CCN(CCOc2ccc(Br)cc2)CC1. The third-order valence-corrected chi connectivity index (χ3v) is 3.84. The van der Waals surface area contributed by atoms with Crippen LogP contribution in [0.4, 0.5) is 0 Å². The highest BCUT2D eigenvalue weighted by atomic mass is 79.9. The second-order valence-electron chi connectivity index (χ2n) is 4.81. The monoisotopic (exact) mass is 342 g/mol. The van der Waals surface area contributed by atoms with Crippen molar-refractivity contribution in [2.45, 2.75) is 0 Å². The highest BCUT2D eigenvalue weighted by molar-refractivity contribution is 9.10. The molecule has 1 aliphatic heterocycles. The van der Waals surface area contributed by atoms with E-state index in [-0.39, 0.29) is 6.54 Å². The average molecular weight is 343 g/mol. The summed E-state index contributed by atoms with van der Waals surface area (Å²) in [5.41, 5.74) is 0. The van der Waals surface area contributed by atoms with Gasteiger partial charge in [-0.25, -0.2) is 0 Å². The molecule has 0 unspecified atom stereocenters. The lowest BCUT2D eigenvalue weighted by Crippen LogP contribution is -2.48. The van der Waals surface area contributed by atoms with Crippen molar-refractivity contribution in [3.63, 3.8) is 0 Å². The molecule has 0 atom stereocenters. The van der Waals surface area contributed by atoms with Crippen LogP contribution in [0.3, 0.4) is 0 Å². The van der Waals surface area contributed by atoms with Crippen LogP contribution in [0.5, 0.6) is 5.75 Å². The average Bonchev–Trinajstić information content (AvgIpc) is 2.42. The van der Waals surface area contributed by atoms with Gasteiger partial charge >= 0.3 is 5.97 Å². The smallest absolute Gasteiger partial charge is 0.317 e. The minimum absolute atomic E-state index is 0.142. The van der Waals surface area contributed by atoms with Gasteiger partial charge in [-0.2, -0.15) is 0 Å². The lowest BCUT2D eigenvalue weighted by atomic mass is 10.3. The number of carboxylic acids is 1. The van der Waals surface area contributed by atoms with E-state index in [4.69, 9.17) is 9.84 Å². The number of nitrogens with zero attached hydrogens (tertiary/aromatic N) is 2. The van der Waals surface area contributed by atoms with Crippen LogP contribution in [-0.2, 0) is 4.79 Å². The molecule has 1 saturated heterocycles. The van der Waals surface area contributed by atoms with Gasteiger partial charge in [-0.15, -0.1) is 0 Å². The number of hydrogen-bond acceptors (Lipinski definition) is 4. The number of carbonyl (C=O) groups is 1. The molecule has 1 N–H and O–H groups in total. The molecule has 0 spiro atoms. The number of benzene rings is 1. The van der Waals surface area contributed by atoms with Gasteiger partial charge in [0.25, 0.3) is 0 Å². The standard InChI is InChI=1S/C14H19BrN2O3/c15-12-1-3-13(4-2-12)20-10-9-16-5-7-17(8-6-16)11-14(18)19/h1-4H,5-11H2,(H,18,19). The van der Waals surface area contributed by atoms with Gasteiger partial charge in [0.15, 0.2) is 0 Å². The Balaban J connectivity index is 1.63. The van der Waals surface area contributed by atoms with Crippen LogP contribution in [0.15, 0.2) is 28.7 Å².